The van der Waals surface area contributed by atoms with Gasteiger partial charge in [0.15, 0.2) is 0 Å². The van der Waals surface area contributed by atoms with Gasteiger partial charge in [-0.25, -0.2) is 4.98 Å². The molecule has 0 spiro atoms. The van der Waals surface area contributed by atoms with Gasteiger partial charge in [-0.05, 0) is 100 Å². The van der Waals surface area contributed by atoms with E-state index in [0.717, 1.165) is 53.5 Å². The molecule has 2 aliphatic rings. The fraction of sp³-hybridized carbons (Fsp3) is 0.314. The van der Waals surface area contributed by atoms with Gasteiger partial charge >= 0.3 is 0 Å². The zero-order chi connectivity index (χ0) is 39.0. The minimum atomic E-state index is -0.218. The van der Waals surface area contributed by atoms with Crippen molar-refractivity contribution < 1.29 is 4.74 Å². The van der Waals surface area contributed by atoms with Crippen LogP contribution in [-0.4, -0.2) is 23.3 Å². The van der Waals surface area contributed by atoms with Crippen molar-refractivity contribution >= 4 is 38.9 Å². The van der Waals surface area contributed by atoms with Crippen molar-refractivity contribution in [3.8, 4) is 17.3 Å². The molecule has 7 aromatic rings. The quantitative estimate of drug-likeness (QED) is 0.170. The van der Waals surface area contributed by atoms with Crippen molar-refractivity contribution in [3.05, 3.63) is 150 Å². The molecule has 284 valence electrons. The van der Waals surface area contributed by atoms with E-state index in [-0.39, 0.29) is 21.7 Å². The predicted molar refractivity (Wildman–Crippen MR) is 234 cm³/mol. The van der Waals surface area contributed by atoms with E-state index in [9.17, 15) is 0 Å². The Kier molecular flexibility index (Phi) is 8.39. The molecule has 9 rings (SSSR count). The van der Waals surface area contributed by atoms with Gasteiger partial charge in [0, 0.05) is 47.3 Å². The van der Waals surface area contributed by atoms with Gasteiger partial charge in [0.25, 0.3) is 0 Å². The van der Waals surface area contributed by atoms with Crippen molar-refractivity contribution in [2.45, 2.75) is 78.6 Å². The monoisotopic (exact) mass is 738 g/mol. The van der Waals surface area contributed by atoms with Crippen LogP contribution in [0.3, 0.4) is 0 Å². The summed E-state index contributed by atoms with van der Waals surface area (Å²) in [6, 6.07) is 46.5. The van der Waals surface area contributed by atoms with Crippen LogP contribution in [0.1, 0.15) is 84.4 Å². The molecular weight excluding hydrogens is 685 g/mol. The third-order valence-electron chi connectivity index (χ3n) is 13.1. The van der Waals surface area contributed by atoms with Gasteiger partial charge in [0.05, 0.1) is 29.1 Å². The third-order valence-corrected chi connectivity index (χ3v) is 13.1. The van der Waals surface area contributed by atoms with Crippen molar-refractivity contribution in [1.29, 1.82) is 0 Å². The molecule has 5 heteroatoms. The van der Waals surface area contributed by atoms with Crippen LogP contribution in [0.5, 0.6) is 11.5 Å². The lowest BCUT2D eigenvalue weighted by atomic mass is 9.43. The van der Waals surface area contributed by atoms with E-state index in [4.69, 9.17) is 9.72 Å². The van der Waals surface area contributed by atoms with Gasteiger partial charge in [-0.3, -0.25) is 4.57 Å². The highest BCUT2D eigenvalue weighted by Crippen LogP contribution is 2.64. The Morgan fingerprint density at radius 2 is 1.30 bits per heavy atom. The number of pyridine rings is 1. The highest BCUT2D eigenvalue weighted by molar-refractivity contribution is 6.09. The van der Waals surface area contributed by atoms with E-state index in [2.05, 4.69) is 197 Å². The SMILES string of the molecule is CN1CN(c2cc(Oc3ccc4c5ccccc5n(-c5cc(C6(c7ccccc7)C(C)(C)CCCC6(C)C)ccn5)c4c3)cc(C(C)(C)C)c2)c2ccccc21. The number of hydrogen-bond acceptors (Lipinski definition) is 4. The van der Waals surface area contributed by atoms with Gasteiger partial charge in [-0.1, -0.05) is 116 Å². The maximum Gasteiger partial charge on any atom is 0.137 e. The molecule has 1 aliphatic carbocycles. The van der Waals surface area contributed by atoms with Crippen LogP contribution in [0.15, 0.2) is 134 Å². The summed E-state index contributed by atoms with van der Waals surface area (Å²) in [5.41, 5.74) is 9.46. The number of ether oxygens (including phenoxy) is 1. The Morgan fingerprint density at radius 1 is 0.625 bits per heavy atom. The first kappa shape index (κ1) is 36.1. The highest BCUT2D eigenvalue weighted by atomic mass is 16.5. The zero-order valence-electron chi connectivity index (χ0n) is 34.2. The third kappa shape index (κ3) is 5.61. The van der Waals surface area contributed by atoms with E-state index in [1.54, 1.807) is 0 Å². The Morgan fingerprint density at radius 3 is 2.05 bits per heavy atom. The molecule has 56 heavy (non-hydrogen) atoms. The molecule has 0 saturated heterocycles. The number of para-hydroxylation sites is 3. The summed E-state index contributed by atoms with van der Waals surface area (Å²) < 4.78 is 9.24. The number of nitrogens with zero attached hydrogens (tertiary/aromatic N) is 4. The molecule has 0 unspecified atom stereocenters. The molecule has 1 fully saturated rings. The second-order valence-corrected chi connectivity index (χ2v) is 18.5. The number of anilines is 3. The molecule has 0 bridgehead atoms. The summed E-state index contributed by atoms with van der Waals surface area (Å²) in [5.74, 6) is 2.55. The lowest BCUT2D eigenvalue weighted by molar-refractivity contribution is 0.00547. The Bertz CT molecular complexity index is 2580. The summed E-state index contributed by atoms with van der Waals surface area (Å²) in [6.45, 7) is 17.5. The lowest BCUT2D eigenvalue weighted by Crippen LogP contribution is -2.56. The fourth-order valence-corrected chi connectivity index (χ4v) is 10.7. The largest absolute Gasteiger partial charge is 0.457 e. The predicted octanol–water partition coefficient (Wildman–Crippen LogP) is 13.3. The maximum atomic E-state index is 6.90. The molecule has 5 nitrogen and oxygen atoms in total. The first-order chi connectivity index (χ1) is 26.8. The van der Waals surface area contributed by atoms with Crippen molar-refractivity contribution in [1.82, 2.24) is 9.55 Å². The van der Waals surface area contributed by atoms with Gasteiger partial charge in [0.1, 0.15) is 17.3 Å². The number of benzene rings is 5. The van der Waals surface area contributed by atoms with E-state index in [1.807, 2.05) is 6.20 Å². The van der Waals surface area contributed by atoms with Crippen LogP contribution in [0.2, 0.25) is 0 Å². The van der Waals surface area contributed by atoms with Crippen LogP contribution in [0, 0.1) is 10.8 Å². The number of hydrogen-bond donors (Lipinski definition) is 0. The van der Waals surface area contributed by atoms with Crippen LogP contribution >= 0.6 is 0 Å². The van der Waals surface area contributed by atoms with Gasteiger partial charge in [0.2, 0.25) is 0 Å². The summed E-state index contributed by atoms with van der Waals surface area (Å²) in [6.07, 6.45) is 5.59. The van der Waals surface area contributed by atoms with E-state index in [0.29, 0.717) is 0 Å². The molecule has 0 atom stereocenters. The fourth-order valence-electron chi connectivity index (χ4n) is 10.7. The number of rotatable bonds is 6. The second kappa shape index (κ2) is 13.0. The minimum Gasteiger partial charge on any atom is -0.457 e. The Balaban J connectivity index is 1.19. The average molecular weight is 739 g/mol. The summed E-state index contributed by atoms with van der Waals surface area (Å²) in [4.78, 5) is 9.82. The van der Waals surface area contributed by atoms with Crippen LogP contribution in [-0.2, 0) is 10.8 Å². The molecular formula is C51H54N4O. The molecule has 0 radical (unpaired) electrons. The van der Waals surface area contributed by atoms with Crippen molar-refractivity contribution in [3.63, 3.8) is 0 Å². The molecule has 0 N–H and O–H groups in total. The van der Waals surface area contributed by atoms with Crippen LogP contribution in [0.25, 0.3) is 27.6 Å². The van der Waals surface area contributed by atoms with Gasteiger partial charge in [-0.15, -0.1) is 0 Å². The standard InChI is InChI=1S/C51H54N4O/c1-48(2,3)37-29-38(54-34-53(8)44-21-14-15-22-45(44)54)32-40(30-37)56-39-23-24-42-41-19-12-13-20-43(41)55(46(42)33-39)47-31-36(25-28-52-47)51(35-17-10-9-11-18-35)49(4,5)26-16-27-50(51,6)7/h9-15,17-25,28-33H,16,26-27,34H2,1-8H3. The molecule has 3 heterocycles. The van der Waals surface area contributed by atoms with E-state index >= 15 is 0 Å². The normalized spacial score (nSPS) is 17.4. The molecule has 1 saturated carbocycles. The summed E-state index contributed by atoms with van der Waals surface area (Å²) in [7, 11) is 2.15. The first-order valence-electron chi connectivity index (χ1n) is 20.3. The van der Waals surface area contributed by atoms with Gasteiger partial charge < -0.3 is 14.5 Å². The van der Waals surface area contributed by atoms with Crippen LogP contribution in [0.4, 0.5) is 17.1 Å². The average Bonchev–Trinajstić information content (AvgIpc) is 3.68. The summed E-state index contributed by atoms with van der Waals surface area (Å²) in [5, 5.41) is 2.38. The molecule has 0 amide bonds. The van der Waals surface area contributed by atoms with E-state index < -0.39 is 0 Å². The zero-order valence-corrected chi connectivity index (χ0v) is 34.2. The smallest absolute Gasteiger partial charge is 0.137 e. The van der Waals surface area contributed by atoms with Crippen LogP contribution < -0.4 is 14.5 Å². The molecule has 2 aromatic heterocycles. The second-order valence-electron chi connectivity index (χ2n) is 18.5. The van der Waals surface area contributed by atoms with Crippen molar-refractivity contribution in [2.75, 3.05) is 23.5 Å². The minimum absolute atomic E-state index is 0.0174. The maximum absolute atomic E-state index is 6.90. The summed E-state index contributed by atoms with van der Waals surface area (Å²) >= 11 is 0. The van der Waals surface area contributed by atoms with E-state index in [1.165, 1.54) is 45.3 Å². The first-order valence-corrected chi connectivity index (χ1v) is 20.3. The highest BCUT2D eigenvalue weighted by Gasteiger charge is 2.58. The van der Waals surface area contributed by atoms with Crippen molar-refractivity contribution in [2.24, 2.45) is 10.8 Å². The molecule has 5 aromatic carbocycles. The lowest BCUT2D eigenvalue weighted by Gasteiger charge is -2.60. The van der Waals surface area contributed by atoms with Gasteiger partial charge in [-0.2, -0.15) is 0 Å². The Labute approximate surface area is 332 Å². The number of fused-ring (bicyclic) bond motifs is 4. The topological polar surface area (TPSA) is 33.5 Å². The number of aromatic nitrogens is 2. The Hall–Kier alpha value is -5.55. The molecule has 1 aliphatic heterocycles.